The monoisotopic (exact) mass is 261 g/mol. The summed E-state index contributed by atoms with van der Waals surface area (Å²) in [5.74, 6) is 0. The second kappa shape index (κ2) is 6.61. The van der Waals surface area contributed by atoms with E-state index in [4.69, 9.17) is 0 Å². The molecule has 1 unspecified atom stereocenters. The Bertz CT molecular complexity index is 467. The Morgan fingerprint density at radius 2 is 1.94 bits per heavy atom. The summed E-state index contributed by atoms with van der Waals surface area (Å²) in [4.78, 5) is 0. The summed E-state index contributed by atoms with van der Waals surface area (Å²) in [7, 11) is 0. The van der Waals surface area contributed by atoms with Gasteiger partial charge in [-0.3, -0.25) is 0 Å². The molecule has 1 atom stereocenters. The van der Waals surface area contributed by atoms with E-state index in [-0.39, 0.29) is 0 Å². The largest absolute Gasteiger partial charge is 0.308 e. The van der Waals surface area contributed by atoms with Gasteiger partial charge in [-0.2, -0.15) is 0 Å². The van der Waals surface area contributed by atoms with E-state index < -0.39 is 0 Å². The van der Waals surface area contributed by atoms with Gasteiger partial charge in [-0.1, -0.05) is 55.5 Å². The molecule has 3 nitrogen and oxygen atoms in total. The van der Waals surface area contributed by atoms with Crippen LogP contribution in [0.15, 0.2) is 30.3 Å². The first-order valence-corrected chi connectivity index (χ1v) is 7.29. The third kappa shape index (κ3) is 3.15. The normalized spacial score (nSPS) is 12.6. The Hall–Kier alpha value is -1.26. The average Bonchev–Trinajstić information content (AvgIpc) is 2.90. The van der Waals surface area contributed by atoms with Gasteiger partial charge in [-0.25, -0.2) is 0 Å². The van der Waals surface area contributed by atoms with E-state index in [0.717, 1.165) is 35.0 Å². The summed E-state index contributed by atoms with van der Waals surface area (Å²) >= 11 is 1.68. The fraction of sp³-hybridized carbons (Fsp3) is 0.429. The second-order valence-electron chi connectivity index (χ2n) is 4.23. The molecule has 1 aromatic heterocycles. The summed E-state index contributed by atoms with van der Waals surface area (Å²) in [5, 5.41) is 14.2. The quantitative estimate of drug-likeness (QED) is 0.862. The molecule has 96 valence electrons. The lowest BCUT2D eigenvalue weighted by Crippen LogP contribution is -2.21. The maximum Gasteiger partial charge on any atom is 0.147 e. The van der Waals surface area contributed by atoms with E-state index in [1.165, 1.54) is 0 Å². The Morgan fingerprint density at radius 3 is 2.61 bits per heavy atom. The van der Waals surface area contributed by atoms with Crippen LogP contribution in [0, 0.1) is 0 Å². The van der Waals surface area contributed by atoms with Crippen molar-refractivity contribution in [1.29, 1.82) is 0 Å². The number of hydrogen-bond donors (Lipinski definition) is 1. The van der Waals surface area contributed by atoms with Gasteiger partial charge in [0.2, 0.25) is 0 Å². The lowest BCUT2D eigenvalue weighted by Gasteiger charge is -2.12. The van der Waals surface area contributed by atoms with Crippen molar-refractivity contribution >= 4 is 11.3 Å². The number of nitrogens with zero attached hydrogens (tertiary/aromatic N) is 2. The van der Waals surface area contributed by atoms with E-state index in [2.05, 4.69) is 41.5 Å². The molecule has 0 saturated carbocycles. The Kier molecular flexibility index (Phi) is 4.84. The molecule has 1 heterocycles. The highest BCUT2D eigenvalue weighted by Gasteiger charge is 2.14. The van der Waals surface area contributed by atoms with Crippen LogP contribution in [-0.4, -0.2) is 16.7 Å². The fourth-order valence-electron chi connectivity index (χ4n) is 1.80. The number of benzene rings is 1. The van der Waals surface area contributed by atoms with E-state index >= 15 is 0 Å². The Morgan fingerprint density at radius 1 is 1.17 bits per heavy atom. The zero-order valence-corrected chi connectivity index (χ0v) is 11.7. The van der Waals surface area contributed by atoms with Crippen LogP contribution >= 0.6 is 11.3 Å². The maximum absolute atomic E-state index is 4.32. The number of aromatic nitrogens is 2. The molecule has 0 amide bonds. The minimum absolute atomic E-state index is 0.333. The van der Waals surface area contributed by atoms with Crippen molar-refractivity contribution in [3.8, 4) is 10.6 Å². The van der Waals surface area contributed by atoms with Gasteiger partial charge in [-0.05, 0) is 19.4 Å². The Labute approximate surface area is 112 Å². The third-order valence-electron chi connectivity index (χ3n) is 2.81. The smallest absolute Gasteiger partial charge is 0.147 e. The summed E-state index contributed by atoms with van der Waals surface area (Å²) in [5.41, 5.74) is 1.14. The van der Waals surface area contributed by atoms with Crippen molar-refractivity contribution in [2.45, 2.75) is 32.7 Å². The van der Waals surface area contributed by atoms with Crippen LogP contribution in [0.2, 0.25) is 0 Å². The molecule has 2 aromatic rings. The van der Waals surface area contributed by atoms with Crippen molar-refractivity contribution in [1.82, 2.24) is 15.5 Å². The summed E-state index contributed by atoms with van der Waals surface area (Å²) in [6.45, 7) is 5.38. The first kappa shape index (κ1) is 13.2. The molecule has 4 heteroatoms. The van der Waals surface area contributed by atoms with Crippen LogP contribution in [0.5, 0.6) is 0 Å². The van der Waals surface area contributed by atoms with Crippen LogP contribution in [0.3, 0.4) is 0 Å². The molecule has 0 aliphatic carbocycles. The molecule has 0 fully saturated rings. The predicted octanol–water partition coefficient (Wildman–Crippen LogP) is 3.66. The second-order valence-corrected chi connectivity index (χ2v) is 5.24. The number of hydrogen-bond acceptors (Lipinski definition) is 4. The molecule has 1 N–H and O–H groups in total. The van der Waals surface area contributed by atoms with Crippen LogP contribution < -0.4 is 5.32 Å². The molecule has 0 aliphatic heterocycles. The molecule has 0 aliphatic rings. The molecule has 1 aromatic carbocycles. The zero-order chi connectivity index (χ0) is 12.8. The van der Waals surface area contributed by atoms with Crippen molar-refractivity contribution < 1.29 is 0 Å². The minimum Gasteiger partial charge on any atom is -0.308 e. The lowest BCUT2D eigenvalue weighted by atomic mass is 10.2. The highest BCUT2D eigenvalue weighted by atomic mass is 32.1. The minimum atomic E-state index is 0.333. The molecular weight excluding hydrogens is 242 g/mol. The molecule has 2 rings (SSSR count). The summed E-state index contributed by atoms with van der Waals surface area (Å²) in [6, 6.07) is 10.6. The van der Waals surface area contributed by atoms with E-state index in [1.54, 1.807) is 11.3 Å². The van der Waals surface area contributed by atoms with Crippen molar-refractivity contribution in [3.63, 3.8) is 0 Å². The van der Waals surface area contributed by atoms with Gasteiger partial charge < -0.3 is 5.32 Å². The SMILES string of the molecule is CCCNC(CC)c1nnc(-c2ccccc2)s1. The van der Waals surface area contributed by atoms with E-state index in [0.29, 0.717) is 6.04 Å². The average molecular weight is 261 g/mol. The Balaban J connectivity index is 2.14. The van der Waals surface area contributed by atoms with Crippen molar-refractivity contribution in [2.24, 2.45) is 0 Å². The predicted molar refractivity (Wildman–Crippen MR) is 76.7 cm³/mol. The summed E-state index contributed by atoms with van der Waals surface area (Å²) < 4.78 is 0. The van der Waals surface area contributed by atoms with Gasteiger partial charge in [0.25, 0.3) is 0 Å². The molecule has 0 spiro atoms. The van der Waals surface area contributed by atoms with E-state index in [1.807, 2.05) is 18.2 Å². The lowest BCUT2D eigenvalue weighted by molar-refractivity contribution is 0.513. The van der Waals surface area contributed by atoms with Crippen molar-refractivity contribution in [3.05, 3.63) is 35.3 Å². The highest BCUT2D eigenvalue weighted by Crippen LogP contribution is 2.27. The number of rotatable bonds is 6. The standard InChI is InChI=1S/C14H19N3S/c1-3-10-15-12(4-2)14-17-16-13(18-14)11-8-6-5-7-9-11/h5-9,12,15H,3-4,10H2,1-2H3. The van der Waals surface area contributed by atoms with Crippen LogP contribution in [-0.2, 0) is 0 Å². The molecule has 0 bridgehead atoms. The van der Waals surface area contributed by atoms with Gasteiger partial charge in [0, 0.05) is 5.56 Å². The van der Waals surface area contributed by atoms with Gasteiger partial charge in [0.1, 0.15) is 10.0 Å². The van der Waals surface area contributed by atoms with Crippen LogP contribution in [0.1, 0.15) is 37.7 Å². The van der Waals surface area contributed by atoms with Crippen LogP contribution in [0.4, 0.5) is 0 Å². The van der Waals surface area contributed by atoms with Crippen LogP contribution in [0.25, 0.3) is 10.6 Å². The van der Waals surface area contributed by atoms with Gasteiger partial charge in [0.05, 0.1) is 6.04 Å². The number of nitrogens with one attached hydrogen (secondary N) is 1. The maximum atomic E-state index is 4.32. The molecular formula is C14H19N3S. The first-order chi connectivity index (χ1) is 8.85. The van der Waals surface area contributed by atoms with E-state index in [9.17, 15) is 0 Å². The van der Waals surface area contributed by atoms with Crippen molar-refractivity contribution in [2.75, 3.05) is 6.54 Å². The molecule has 0 saturated heterocycles. The fourth-order valence-corrected chi connectivity index (χ4v) is 2.81. The topological polar surface area (TPSA) is 37.8 Å². The molecule has 18 heavy (non-hydrogen) atoms. The van der Waals surface area contributed by atoms with Gasteiger partial charge in [-0.15, -0.1) is 10.2 Å². The molecule has 0 radical (unpaired) electrons. The summed E-state index contributed by atoms with van der Waals surface area (Å²) in [6.07, 6.45) is 2.18. The van der Waals surface area contributed by atoms with Gasteiger partial charge in [0.15, 0.2) is 0 Å². The zero-order valence-electron chi connectivity index (χ0n) is 10.9. The first-order valence-electron chi connectivity index (χ1n) is 6.47. The third-order valence-corrected chi connectivity index (χ3v) is 3.89. The van der Waals surface area contributed by atoms with Gasteiger partial charge >= 0.3 is 0 Å². The highest BCUT2D eigenvalue weighted by molar-refractivity contribution is 7.14.